The van der Waals surface area contributed by atoms with Crippen LogP contribution in [-0.4, -0.2) is 23.3 Å². The number of aromatic nitrogens is 1. The van der Waals surface area contributed by atoms with Gasteiger partial charge in [0.15, 0.2) is 5.41 Å². The molecule has 0 amide bonds. The molecule has 0 spiro atoms. The number of hydrogen-bond donors (Lipinski definition) is 0. The molecule has 1 aliphatic carbocycles. The average Bonchev–Trinajstić information content (AvgIpc) is 3.04. The molecule has 0 N–H and O–H groups in total. The Morgan fingerprint density at radius 3 is 3.00 bits per heavy atom. The molecule has 1 aromatic carbocycles. The summed E-state index contributed by atoms with van der Waals surface area (Å²) in [4.78, 5) is 23.4. The monoisotopic (exact) mass is 312 g/mol. The van der Waals surface area contributed by atoms with Gasteiger partial charge in [-0.3, -0.25) is 9.79 Å². The van der Waals surface area contributed by atoms with Crippen LogP contribution in [-0.2, 0) is 21.4 Å². The van der Waals surface area contributed by atoms with Gasteiger partial charge in [-0.05, 0) is 32.8 Å². The van der Waals surface area contributed by atoms with E-state index in [1.165, 1.54) is 0 Å². The van der Waals surface area contributed by atoms with E-state index in [1.54, 1.807) is 11.3 Å². The number of aryl methyl sites for hydroxylation is 2. The first kappa shape index (κ1) is 13.6. The van der Waals surface area contributed by atoms with Gasteiger partial charge in [-0.25, -0.2) is 4.98 Å². The topological polar surface area (TPSA) is 51.5 Å². The summed E-state index contributed by atoms with van der Waals surface area (Å²) in [5.74, 6) is -0.219. The Bertz CT molecular complexity index is 809. The third-order valence-corrected chi connectivity index (χ3v) is 5.45. The highest BCUT2D eigenvalue weighted by atomic mass is 32.1. The number of carbonyl (C=O) groups is 1. The van der Waals surface area contributed by atoms with Crippen molar-refractivity contribution in [1.29, 1.82) is 0 Å². The maximum atomic E-state index is 13.0. The molecule has 1 unspecified atom stereocenters. The summed E-state index contributed by atoms with van der Waals surface area (Å²) in [6.45, 7) is 4.19. The maximum Gasteiger partial charge on any atom is 0.327 e. The van der Waals surface area contributed by atoms with Crippen LogP contribution in [0.2, 0.25) is 0 Å². The van der Waals surface area contributed by atoms with Gasteiger partial charge in [-0.15, -0.1) is 11.3 Å². The summed E-state index contributed by atoms with van der Waals surface area (Å²) in [6.07, 6.45) is 1.59. The van der Waals surface area contributed by atoms with Crippen LogP contribution in [0, 0.1) is 6.92 Å². The smallest absolute Gasteiger partial charge is 0.327 e. The predicted molar refractivity (Wildman–Crippen MR) is 86.1 cm³/mol. The van der Waals surface area contributed by atoms with E-state index >= 15 is 0 Å². The molecular formula is C17H16N2O2S. The number of hydrogen-bond acceptors (Lipinski definition) is 5. The third kappa shape index (κ3) is 1.60. The molecule has 2 heterocycles. The Morgan fingerprint density at radius 1 is 1.36 bits per heavy atom. The zero-order valence-electron chi connectivity index (χ0n) is 12.5. The van der Waals surface area contributed by atoms with Crippen molar-refractivity contribution >= 4 is 28.7 Å². The Hall–Kier alpha value is -2.01. The molecule has 2 aromatic rings. The van der Waals surface area contributed by atoms with Gasteiger partial charge in [-0.1, -0.05) is 18.2 Å². The minimum absolute atomic E-state index is 0.219. The second-order valence-electron chi connectivity index (χ2n) is 5.55. The van der Waals surface area contributed by atoms with Crippen LogP contribution in [0.5, 0.6) is 0 Å². The molecule has 5 heteroatoms. The third-order valence-electron chi connectivity index (χ3n) is 4.32. The van der Waals surface area contributed by atoms with Gasteiger partial charge in [0.1, 0.15) is 0 Å². The van der Waals surface area contributed by atoms with Gasteiger partial charge < -0.3 is 4.74 Å². The van der Waals surface area contributed by atoms with E-state index in [1.807, 2.05) is 38.1 Å². The zero-order chi connectivity index (χ0) is 15.3. The van der Waals surface area contributed by atoms with Crippen molar-refractivity contribution < 1.29 is 9.53 Å². The minimum Gasteiger partial charge on any atom is -0.465 e. The highest BCUT2D eigenvalue weighted by Gasteiger charge is 2.56. The first-order valence-corrected chi connectivity index (χ1v) is 8.31. The van der Waals surface area contributed by atoms with Gasteiger partial charge >= 0.3 is 5.97 Å². The molecule has 0 saturated carbocycles. The predicted octanol–water partition coefficient (Wildman–Crippen LogP) is 3.33. The van der Waals surface area contributed by atoms with Gasteiger partial charge in [0, 0.05) is 11.3 Å². The van der Waals surface area contributed by atoms with Crippen molar-refractivity contribution in [2.45, 2.75) is 32.1 Å². The lowest BCUT2D eigenvalue weighted by molar-refractivity contribution is -0.145. The molecular weight excluding hydrogens is 296 g/mol. The summed E-state index contributed by atoms with van der Waals surface area (Å²) >= 11 is 1.59. The summed E-state index contributed by atoms with van der Waals surface area (Å²) in [5.41, 5.74) is 2.87. The van der Waals surface area contributed by atoms with E-state index in [2.05, 4.69) is 4.98 Å². The van der Waals surface area contributed by atoms with E-state index in [0.29, 0.717) is 6.61 Å². The molecule has 0 bridgehead atoms. The SMILES string of the molecule is CCOC(=O)C12C(=Nc3ccccc31)CCc1nc(C)sc12. The Kier molecular flexibility index (Phi) is 2.94. The fraction of sp³-hybridized carbons (Fsp3) is 0.353. The summed E-state index contributed by atoms with van der Waals surface area (Å²) in [6, 6.07) is 7.88. The second-order valence-corrected chi connectivity index (χ2v) is 6.76. The molecule has 4 rings (SSSR count). The first-order chi connectivity index (χ1) is 10.7. The molecule has 0 fully saturated rings. The Balaban J connectivity index is 2.04. The standard InChI is InChI=1S/C17H16N2O2S/c1-3-21-16(20)17-11-6-4-5-7-12(11)19-14(17)9-8-13-15(17)22-10(2)18-13/h4-7H,3,8-9H2,1-2H3. The minimum atomic E-state index is -0.869. The summed E-state index contributed by atoms with van der Waals surface area (Å²) < 4.78 is 5.47. The van der Waals surface area contributed by atoms with Crippen molar-refractivity contribution in [3.63, 3.8) is 0 Å². The van der Waals surface area contributed by atoms with Crippen LogP contribution in [0.4, 0.5) is 5.69 Å². The van der Waals surface area contributed by atoms with Crippen molar-refractivity contribution in [1.82, 2.24) is 4.98 Å². The number of fused-ring (bicyclic) bond motifs is 5. The molecule has 112 valence electrons. The highest BCUT2D eigenvalue weighted by molar-refractivity contribution is 7.12. The molecule has 1 aromatic heterocycles. The van der Waals surface area contributed by atoms with Crippen LogP contribution in [0.15, 0.2) is 29.3 Å². The summed E-state index contributed by atoms with van der Waals surface area (Å²) in [5, 5.41) is 0.985. The van der Waals surface area contributed by atoms with E-state index in [0.717, 1.165) is 45.4 Å². The molecule has 1 atom stereocenters. The molecule has 2 aliphatic rings. The lowest BCUT2D eigenvalue weighted by Gasteiger charge is -2.32. The number of nitrogens with zero attached hydrogens (tertiary/aromatic N) is 2. The molecule has 4 nitrogen and oxygen atoms in total. The number of ether oxygens (including phenoxy) is 1. The number of benzene rings is 1. The number of aliphatic imine (C=N–C) groups is 1. The van der Waals surface area contributed by atoms with E-state index in [-0.39, 0.29) is 5.97 Å². The normalized spacial score (nSPS) is 21.6. The van der Waals surface area contributed by atoms with Crippen LogP contribution in [0.3, 0.4) is 0 Å². The first-order valence-electron chi connectivity index (χ1n) is 7.49. The van der Waals surface area contributed by atoms with Gasteiger partial charge in [0.05, 0.1) is 27.9 Å². The zero-order valence-corrected chi connectivity index (χ0v) is 13.4. The number of thiazole rings is 1. The van der Waals surface area contributed by atoms with Crippen molar-refractivity contribution in [2.24, 2.45) is 4.99 Å². The average molecular weight is 312 g/mol. The van der Waals surface area contributed by atoms with E-state index in [4.69, 9.17) is 9.73 Å². The largest absolute Gasteiger partial charge is 0.465 e. The molecule has 0 radical (unpaired) electrons. The number of para-hydroxylation sites is 1. The molecule has 1 aliphatic heterocycles. The van der Waals surface area contributed by atoms with Gasteiger partial charge in [0.2, 0.25) is 0 Å². The Morgan fingerprint density at radius 2 is 2.18 bits per heavy atom. The molecule has 0 saturated heterocycles. The highest BCUT2D eigenvalue weighted by Crippen LogP contribution is 2.51. The maximum absolute atomic E-state index is 13.0. The van der Waals surface area contributed by atoms with Crippen LogP contribution in [0.25, 0.3) is 0 Å². The van der Waals surface area contributed by atoms with Crippen LogP contribution >= 0.6 is 11.3 Å². The van der Waals surface area contributed by atoms with Crippen molar-refractivity contribution in [3.05, 3.63) is 45.4 Å². The quantitative estimate of drug-likeness (QED) is 0.799. The molecule has 22 heavy (non-hydrogen) atoms. The lowest BCUT2D eigenvalue weighted by Crippen LogP contribution is -2.46. The van der Waals surface area contributed by atoms with Gasteiger partial charge in [-0.2, -0.15) is 0 Å². The second kappa shape index (κ2) is 4.74. The summed E-state index contributed by atoms with van der Waals surface area (Å²) in [7, 11) is 0. The van der Waals surface area contributed by atoms with Crippen LogP contribution in [0.1, 0.15) is 34.5 Å². The van der Waals surface area contributed by atoms with E-state index in [9.17, 15) is 4.79 Å². The van der Waals surface area contributed by atoms with Crippen molar-refractivity contribution in [2.75, 3.05) is 6.61 Å². The Labute approximate surface area is 132 Å². The van der Waals surface area contributed by atoms with E-state index < -0.39 is 5.41 Å². The number of carbonyl (C=O) groups excluding carboxylic acids is 1. The van der Waals surface area contributed by atoms with Crippen LogP contribution < -0.4 is 0 Å². The van der Waals surface area contributed by atoms with Gasteiger partial charge in [0.25, 0.3) is 0 Å². The number of rotatable bonds is 2. The fourth-order valence-corrected chi connectivity index (χ4v) is 4.68. The lowest BCUT2D eigenvalue weighted by atomic mass is 9.71. The van der Waals surface area contributed by atoms with Crippen molar-refractivity contribution in [3.8, 4) is 0 Å². The fourth-order valence-electron chi connectivity index (χ4n) is 3.50. The number of esters is 1.